The fraction of sp³-hybridized carbons (Fsp3) is 0.286. The molecule has 0 aliphatic heterocycles. The van der Waals surface area contributed by atoms with Crippen molar-refractivity contribution in [1.82, 2.24) is 10.2 Å². The van der Waals surface area contributed by atoms with Crippen LogP contribution in [0.4, 0.5) is 4.39 Å². The van der Waals surface area contributed by atoms with Crippen molar-refractivity contribution in [3.8, 4) is 5.75 Å². The average molecular weight is 541 g/mol. The van der Waals surface area contributed by atoms with Crippen LogP contribution >= 0.6 is 15.9 Å². The maximum absolute atomic E-state index is 14.1. The van der Waals surface area contributed by atoms with Crippen LogP contribution in [0.5, 0.6) is 5.75 Å². The summed E-state index contributed by atoms with van der Waals surface area (Å²) in [5.74, 6) is -1.20. The van der Waals surface area contributed by atoms with Gasteiger partial charge in [-0.15, -0.1) is 0 Å². The number of para-hydroxylation sites is 1. The summed E-state index contributed by atoms with van der Waals surface area (Å²) < 4.78 is 20.5. The summed E-state index contributed by atoms with van der Waals surface area (Å²) in [6.07, 6.45) is 1.10. The van der Waals surface area contributed by atoms with E-state index in [2.05, 4.69) is 21.2 Å². The second kappa shape index (κ2) is 13.0. The van der Waals surface area contributed by atoms with Crippen LogP contribution in [0, 0.1) is 5.82 Å². The molecule has 0 heterocycles. The lowest BCUT2D eigenvalue weighted by Gasteiger charge is -2.32. The van der Waals surface area contributed by atoms with Crippen LogP contribution in [0.1, 0.15) is 31.4 Å². The van der Waals surface area contributed by atoms with Gasteiger partial charge in [0.05, 0.1) is 0 Å². The highest BCUT2D eigenvalue weighted by Crippen LogP contribution is 2.20. The van der Waals surface area contributed by atoms with E-state index in [1.807, 2.05) is 68.4 Å². The van der Waals surface area contributed by atoms with Gasteiger partial charge in [0.25, 0.3) is 5.91 Å². The minimum Gasteiger partial charge on any atom is -0.481 e. The topological polar surface area (TPSA) is 58.6 Å². The van der Waals surface area contributed by atoms with Crippen LogP contribution in [0.3, 0.4) is 0 Å². The summed E-state index contributed by atoms with van der Waals surface area (Å²) in [6.45, 7) is 3.73. The molecule has 0 aliphatic carbocycles. The molecule has 0 aliphatic rings. The Morgan fingerprint density at radius 3 is 2.37 bits per heavy atom. The fourth-order valence-corrected chi connectivity index (χ4v) is 4.06. The van der Waals surface area contributed by atoms with Crippen LogP contribution in [0.2, 0.25) is 0 Å². The number of benzene rings is 3. The second-order valence-electron chi connectivity index (χ2n) is 8.39. The number of hydrogen-bond donors (Lipinski definition) is 1. The molecule has 5 nitrogen and oxygen atoms in total. The van der Waals surface area contributed by atoms with Crippen LogP contribution in [0.15, 0.2) is 83.3 Å². The van der Waals surface area contributed by atoms with E-state index in [9.17, 15) is 14.0 Å². The number of carbonyl (C=O) groups excluding carboxylic acids is 2. The van der Waals surface area contributed by atoms with Crippen LogP contribution < -0.4 is 10.1 Å². The van der Waals surface area contributed by atoms with Crippen molar-refractivity contribution in [1.29, 1.82) is 0 Å². The molecule has 0 bridgehead atoms. The molecule has 7 heteroatoms. The first-order valence-corrected chi connectivity index (χ1v) is 12.4. The number of nitrogens with one attached hydrogen (secondary N) is 1. The zero-order chi connectivity index (χ0) is 25.2. The number of rotatable bonds is 11. The Bertz CT molecular complexity index is 1130. The third-order valence-electron chi connectivity index (χ3n) is 5.70. The van der Waals surface area contributed by atoms with E-state index in [0.29, 0.717) is 6.42 Å². The van der Waals surface area contributed by atoms with E-state index in [-0.39, 0.29) is 24.2 Å². The van der Waals surface area contributed by atoms with E-state index in [0.717, 1.165) is 22.0 Å². The molecule has 35 heavy (non-hydrogen) atoms. The van der Waals surface area contributed by atoms with Gasteiger partial charge < -0.3 is 15.0 Å². The highest BCUT2D eigenvalue weighted by Gasteiger charge is 2.31. The third-order valence-corrected chi connectivity index (χ3v) is 6.20. The van der Waals surface area contributed by atoms with Gasteiger partial charge in [-0.2, -0.15) is 0 Å². The lowest BCUT2D eigenvalue weighted by Crippen LogP contribution is -2.53. The van der Waals surface area contributed by atoms with E-state index < -0.39 is 24.4 Å². The second-order valence-corrected chi connectivity index (χ2v) is 9.31. The zero-order valence-electron chi connectivity index (χ0n) is 19.9. The lowest BCUT2D eigenvalue weighted by atomic mass is 10.0. The molecule has 3 aromatic rings. The molecular weight excluding hydrogens is 511 g/mol. The molecule has 184 valence electrons. The first kappa shape index (κ1) is 26.4. The molecule has 0 radical (unpaired) electrons. The first-order valence-electron chi connectivity index (χ1n) is 11.6. The summed E-state index contributed by atoms with van der Waals surface area (Å²) in [7, 11) is 0. The molecule has 0 fully saturated rings. The Hall–Kier alpha value is -3.19. The third kappa shape index (κ3) is 7.92. The maximum atomic E-state index is 14.1. The van der Waals surface area contributed by atoms with Crippen LogP contribution in [-0.4, -0.2) is 35.4 Å². The monoisotopic (exact) mass is 540 g/mol. The molecule has 0 saturated carbocycles. The number of nitrogens with zero attached hydrogens (tertiary/aromatic N) is 1. The maximum Gasteiger partial charge on any atom is 0.261 e. The number of halogens is 2. The molecule has 1 N–H and O–H groups in total. The minimum atomic E-state index is -0.776. The summed E-state index contributed by atoms with van der Waals surface area (Å²) in [5.41, 5.74) is 1.78. The van der Waals surface area contributed by atoms with Crippen molar-refractivity contribution in [2.45, 2.75) is 45.3 Å². The Balaban J connectivity index is 1.92. The predicted molar refractivity (Wildman–Crippen MR) is 138 cm³/mol. The Kier molecular flexibility index (Phi) is 9.85. The Labute approximate surface area is 214 Å². The molecule has 0 spiro atoms. The van der Waals surface area contributed by atoms with Crippen molar-refractivity contribution >= 4 is 27.7 Å². The zero-order valence-corrected chi connectivity index (χ0v) is 21.5. The minimum absolute atomic E-state index is 0.00748. The molecule has 3 rings (SSSR count). The first-order chi connectivity index (χ1) is 16.9. The van der Waals surface area contributed by atoms with Crippen molar-refractivity contribution in [3.63, 3.8) is 0 Å². The van der Waals surface area contributed by atoms with Crippen LogP contribution in [0.25, 0.3) is 0 Å². The van der Waals surface area contributed by atoms with Gasteiger partial charge in [0.1, 0.15) is 6.04 Å². The summed E-state index contributed by atoms with van der Waals surface area (Å²) in [6, 6.07) is 22.3. The molecule has 2 amide bonds. The van der Waals surface area contributed by atoms with Gasteiger partial charge >= 0.3 is 0 Å². The molecule has 0 unspecified atom stereocenters. The normalized spacial score (nSPS) is 12.5. The van der Waals surface area contributed by atoms with E-state index >= 15 is 0 Å². The van der Waals surface area contributed by atoms with E-state index in [4.69, 9.17) is 4.74 Å². The van der Waals surface area contributed by atoms with Gasteiger partial charge in [-0.3, -0.25) is 9.59 Å². The smallest absolute Gasteiger partial charge is 0.261 e. The van der Waals surface area contributed by atoms with Gasteiger partial charge in [-0.1, -0.05) is 77.5 Å². The van der Waals surface area contributed by atoms with Gasteiger partial charge in [0, 0.05) is 23.5 Å². The SMILES string of the molecule is CC[C@@H](C)NC(=O)[C@H](Cc1ccccc1)N(Cc1cccc(Br)c1)C(=O)COc1ccccc1F. The summed E-state index contributed by atoms with van der Waals surface area (Å²) >= 11 is 3.47. The molecule has 2 atom stereocenters. The van der Waals surface area contributed by atoms with E-state index in [1.54, 1.807) is 12.1 Å². The number of hydrogen-bond acceptors (Lipinski definition) is 3. The highest BCUT2D eigenvalue weighted by atomic mass is 79.9. The molecule has 0 saturated heterocycles. The van der Waals surface area contributed by atoms with Crippen molar-refractivity contribution in [3.05, 3.63) is 100 Å². The molecular formula is C28H30BrFN2O3. The van der Waals surface area contributed by atoms with Crippen molar-refractivity contribution in [2.75, 3.05) is 6.61 Å². The lowest BCUT2D eigenvalue weighted by molar-refractivity contribution is -0.143. The number of carbonyl (C=O) groups is 2. The van der Waals surface area contributed by atoms with Crippen molar-refractivity contribution < 1.29 is 18.7 Å². The van der Waals surface area contributed by atoms with Gasteiger partial charge in [-0.05, 0) is 48.7 Å². The van der Waals surface area contributed by atoms with Gasteiger partial charge in [-0.25, -0.2) is 4.39 Å². The molecule has 3 aromatic carbocycles. The van der Waals surface area contributed by atoms with E-state index in [1.165, 1.54) is 17.0 Å². The Morgan fingerprint density at radius 2 is 1.69 bits per heavy atom. The number of ether oxygens (including phenoxy) is 1. The number of amides is 2. The van der Waals surface area contributed by atoms with Crippen LogP contribution in [-0.2, 0) is 22.6 Å². The quantitative estimate of drug-likeness (QED) is 0.348. The standard InChI is InChI=1S/C28H30BrFN2O3/c1-3-20(2)31-28(34)25(17-21-10-5-4-6-11-21)32(18-22-12-9-13-23(29)16-22)27(33)19-35-26-15-8-7-14-24(26)30/h4-16,20,25H,3,17-19H2,1-2H3,(H,31,34)/t20-,25+/m1/s1. The largest absolute Gasteiger partial charge is 0.481 e. The summed E-state index contributed by atoms with van der Waals surface area (Å²) in [4.78, 5) is 28.4. The Morgan fingerprint density at radius 1 is 1.00 bits per heavy atom. The average Bonchev–Trinajstić information content (AvgIpc) is 2.86. The van der Waals surface area contributed by atoms with Gasteiger partial charge in [0.15, 0.2) is 18.2 Å². The highest BCUT2D eigenvalue weighted by molar-refractivity contribution is 9.10. The fourth-order valence-electron chi connectivity index (χ4n) is 3.61. The van der Waals surface area contributed by atoms with Crippen molar-refractivity contribution in [2.24, 2.45) is 0 Å². The summed E-state index contributed by atoms with van der Waals surface area (Å²) in [5, 5.41) is 3.02. The molecule has 0 aromatic heterocycles. The predicted octanol–water partition coefficient (Wildman–Crippen LogP) is 5.52. The van der Waals surface area contributed by atoms with Gasteiger partial charge in [0.2, 0.25) is 5.91 Å².